The summed E-state index contributed by atoms with van der Waals surface area (Å²) in [5, 5.41) is 17.1. The zero-order valence-electron chi connectivity index (χ0n) is 9.60. The Morgan fingerprint density at radius 2 is 2.35 bits per heavy atom. The molecular formula is C11H14N2O2S2. The van der Waals surface area contributed by atoms with Gasteiger partial charge in [-0.05, 0) is 19.8 Å². The monoisotopic (exact) mass is 270 g/mol. The third kappa shape index (κ3) is 5.20. The van der Waals surface area contributed by atoms with Gasteiger partial charge in [-0.3, -0.25) is 4.79 Å². The van der Waals surface area contributed by atoms with Crippen LogP contribution in [0.2, 0.25) is 0 Å². The lowest BCUT2D eigenvalue weighted by Gasteiger charge is -1.94. The van der Waals surface area contributed by atoms with Gasteiger partial charge < -0.3 is 5.11 Å². The summed E-state index contributed by atoms with van der Waals surface area (Å²) < 4.78 is 0.927. The van der Waals surface area contributed by atoms with Gasteiger partial charge in [-0.1, -0.05) is 11.8 Å². The van der Waals surface area contributed by atoms with Crippen LogP contribution in [0.3, 0.4) is 0 Å². The zero-order chi connectivity index (χ0) is 12.7. The molecule has 0 aliphatic rings. The van der Waals surface area contributed by atoms with Crippen molar-refractivity contribution < 1.29 is 9.90 Å². The first kappa shape index (κ1) is 14.0. The van der Waals surface area contributed by atoms with Crippen molar-refractivity contribution in [3.05, 3.63) is 10.6 Å². The molecule has 92 valence electrons. The van der Waals surface area contributed by atoms with Gasteiger partial charge >= 0.3 is 5.97 Å². The van der Waals surface area contributed by atoms with Crippen molar-refractivity contribution in [1.82, 2.24) is 4.98 Å². The second-order valence-electron chi connectivity index (χ2n) is 3.52. The minimum absolute atomic E-state index is 0.0541. The molecule has 0 aliphatic carbocycles. The molecule has 4 nitrogen and oxygen atoms in total. The number of nitrogens with zero attached hydrogens (tertiary/aromatic N) is 2. The Morgan fingerprint density at radius 3 is 3.00 bits per heavy atom. The van der Waals surface area contributed by atoms with E-state index in [1.54, 1.807) is 11.8 Å². The molecule has 1 rings (SSSR count). The van der Waals surface area contributed by atoms with E-state index in [4.69, 9.17) is 10.4 Å². The largest absolute Gasteiger partial charge is 0.481 e. The van der Waals surface area contributed by atoms with Crippen molar-refractivity contribution in [1.29, 1.82) is 5.26 Å². The first-order valence-corrected chi connectivity index (χ1v) is 7.11. The molecule has 0 fully saturated rings. The number of unbranched alkanes of at least 4 members (excludes halogenated alkanes) is 2. The minimum Gasteiger partial charge on any atom is -0.481 e. The smallest absolute Gasteiger partial charge is 0.308 e. The Kier molecular flexibility index (Phi) is 6.01. The highest BCUT2D eigenvalue weighted by Gasteiger charge is 2.10. The number of carbonyl (C=O) groups is 1. The first-order chi connectivity index (χ1) is 8.13. The van der Waals surface area contributed by atoms with Crippen LogP contribution in [0.15, 0.2) is 4.34 Å². The molecule has 17 heavy (non-hydrogen) atoms. The fourth-order valence-corrected chi connectivity index (χ4v) is 3.52. The summed E-state index contributed by atoms with van der Waals surface area (Å²) in [6, 6.07) is 2.11. The molecule has 1 heterocycles. The predicted molar refractivity (Wildman–Crippen MR) is 68.4 cm³/mol. The van der Waals surface area contributed by atoms with E-state index in [0.717, 1.165) is 33.5 Å². The molecule has 0 radical (unpaired) electrons. The quantitative estimate of drug-likeness (QED) is 0.609. The van der Waals surface area contributed by atoms with Crippen molar-refractivity contribution in [2.45, 2.75) is 36.9 Å². The van der Waals surface area contributed by atoms with Crippen LogP contribution in [0.25, 0.3) is 0 Å². The van der Waals surface area contributed by atoms with Gasteiger partial charge in [-0.2, -0.15) is 5.26 Å². The van der Waals surface area contributed by atoms with Crippen LogP contribution in [0.1, 0.15) is 29.8 Å². The standard InChI is InChI=1S/C11H14N2O2S2/c1-8-9(7-10(14)15)17-11(13-8)16-6-4-2-3-5-12/h2-4,6-7H2,1H3,(H,14,15). The van der Waals surface area contributed by atoms with E-state index in [9.17, 15) is 4.79 Å². The number of aliphatic carboxylic acids is 1. The van der Waals surface area contributed by atoms with Crippen LogP contribution in [0, 0.1) is 18.3 Å². The Bertz CT molecular complexity index is 424. The Hall–Kier alpha value is -1.06. The molecule has 6 heteroatoms. The maximum atomic E-state index is 10.6. The van der Waals surface area contributed by atoms with Crippen LogP contribution in [-0.2, 0) is 11.2 Å². The summed E-state index contributed by atoms with van der Waals surface area (Å²) in [6.45, 7) is 1.84. The molecule has 0 amide bonds. The number of hydrogen-bond donors (Lipinski definition) is 1. The van der Waals surface area contributed by atoms with E-state index in [0.29, 0.717) is 6.42 Å². The molecule has 0 unspecified atom stereocenters. The number of carboxylic acid groups (broad SMARTS) is 1. The number of carboxylic acids is 1. The van der Waals surface area contributed by atoms with Crippen molar-refractivity contribution in [2.75, 3.05) is 5.75 Å². The van der Waals surface area contributed by atoms with Crippen LogP contribution >= 0.6 is 23.1 Å². The van der Waals surface area contributed by atoms with E-state index in [1.165, 1.54) is 11.3 Å². The molecule has 0 spiro atoms. The molecule has 0 atom stereocenters. The number of nitriles is 1. The second-order valence-corrected chi connectivity index (χ2v) is 5.95. The number of thioether (sulfide) groups is 1. The molecular weight excluding hydrogens is 256 g/mol. The summed E-state index contributed by atoms with van der Waals surface area (Å²) in [7, 11) is 0. The molecule has 1 aromatic rings. The Balaban J connectivity index is 2.39. The predicted octanol–water partition coefficient (Wildman–Crippen LogP) is 2.86. The van der Waals surface area contributed by atoms with Gasteiger partial charge in [0.05, 0.1) is 18.2 Å². The van der Waals surface area contributed by atoms with Crippen molar-refractivity contribution in [2.24, 2.45) is 0 Å². The third-order valence-corrected chi connectivity index (χ3v) is 4.48. The topological polar surface area (TPSA) is 74.0 Å². The molecule has 0 saturated heterocycles. The summed E-state index contributed by atoms with van der Waals surface area (Å²) in [6.07, 6.45) is 2.56. The summed E-state index contributed by atoms with van der Waals surface area (Å²) in [5.41, 5.74) is 0.817. The zero-order valence-corrected chi connectivity index (χ0v) is 11.2. The average Bonchev–Trinajstić information content (AvgIpc) is 2.58. The van der Waals surface area contributed by atoms with Gasteiger partial charge in [0.1, 0.15) is 4.34 Å². The molecule has 1 aromatic heterocycles. The second kappa shape index (κ2) is 7.30. The maximum Gasteiger partial charge on any atom is 0.308 e. The lowest BCUT2D eigenvalue weighted by atomic mass is 10.3. The highest BCUT2D eigenvalue weighted by Crippen LogP contribution is 2.28. The van der Waals surface area contributed by atoms with Gasteiger partial charge in [0.15, 0.2) is 0 Å². The van der Waals surface area contributed by atoms with Crippen molar-refractivity contribution in [3.8, 4) is 6.07 Å². The molecule has 0 saturated carbocycles. The number of aryl methyl sites for hydroxylation is 1. The summed E-state index contributed by atoms with van der Waals surface area (Å²) >= 11 is 3.10. The molecule has 0 bridgehead atoms. The van der Waals surface area contributed by atoms with Crippen molar-refractivity contribution >= 4 is 29.1 Å². The van der Waals surface area contributed by atoms with Crippen LogP contribution in [0.5, 0.6) is 0 Å². The average molecular weight is 270 g/mol. The highest BCUT2D eigenvalue weighted by atomic mass is 32.2. The fourth-order valence-electron chi connectivity index (χ4n) is 1.23. The van der Waals surface area contributed by atoms with E-state index in [2.05, 4.69) is 11.1 Å². The maximum absolute atomic E-state index is 10.6. The first-order valence-electron chi connectivity index (χ1n) is 5.31. The summed E-state index contributed by atoms with van der Waals surface area (Å²) in [4.78, 5) is 15.8. The third-order valence-electron chi connectivity index (χ3n) is 2.09. The lowest BCUT2D eigenvalue weighted by molar-refractivity contribution is -0.136. The number of thiazole rings is 1. The fraction of sp³-hybridized carbons (Fsp3) is 0.545. The normalized spacial score (nSPS) is 10.1. The van der Waals surface area contributed by atoms with Crippen molar-refractivity contribution in [3.63, 3.8) is 0 Å². The van der Waals surface area contributed by atoms with Gasteiger partial charge in [-0.25, -0.2) is 4.98 Å². The number of hydrogen-bond acceptors (Lipinski definition) is 5. The number of rotatable bonds is 7. The van der Waals surface area contributed by atoms with E-state index in [1.807, 2.05) is 6.92 Å². The van der Waals surface area contributed by atoms with Crippen LogP contribution < -0.4 is 0 Å². The van der Waals surface area contributed by atoms with Gasteiger partial charge in [0.25, 0.3) is 0 Å². The number of aromatic nitrogens is 1. The molecule has 1 N–H and O–H groups in total. The van der Waals surface area contributed by atoms with E-state index >= 15 is 0 Å². The van der Waals surface area contributed by atoms with Gasteiger partial charge in [0.2, 0.25) is 0 Å². The summed E-state index contributed by atoms with van der Waals surface area (Å²) in [5.74, 6) is 0.114. The Labute approximate surface area is 109 Å². The molecule has 0 aromatic carbocycles. The Morgan fingerprint density at radius 1 is 1.59 bits per heavy atom. The van der Waals surface area contributed by atoms with E-state index in [-0.39, 0.29) is 6.42 Å². The highest BCUT2D eigenvalue weighted by molar-refractivity contribution is 8.01. The SMILES string of the molecule is Cc1nc(SCCCCC#N)sc1CC(=O)O. The molecule has 0 aliphatic heterocycles. The van der Waals surface area contributed by atoms with Gasteiger partial charge in [-0.15, -0.1) is 11.3 Å². The lowest BCUT2D eigenvalue weighted by Crippen LogP contribution is -1.99. The van der Waals surface area contributed by atoms with Crippen LogP contribution in [-0.4, -0.2) is 21.8 Å². The van der Waals surface area contributed by atoms with Gasteiger partial charge in [0, 0.05) is 17.1 Å². The van der Waals surface area contributed by atoms with Crippen LogP contribution in [0.4, 0.5) is 0 Å². The van der Waals surface area contributed by atoms with E-state index < -0.39 is 5.97 Å². The minimum atomic E-state index is -0.817.